The second kappa shape index (κ2) is 6.00. The summed E-state index contributed by atoms with van der Waals surface area (Å²) < 4.78 is 5.11. The lowest BCUT2D eigenvalue weighted by Crippen LogP contribution is -2.14. The number of carbonyl (C=O) groups excluding carboxylic acids is 1. The summed E-state index contributed by atoms with van der Waals surface area (Å²) in [5.74, 6) is 0.288. The molecule has 0 aliphatic rings. The van der Waals surface area contributed by atoms with E-state index in [-0.39, 0.29) is 11.5 Å². The lowest BCUT2D eigenvalue weighted by molar-refractivity contribution is -0.385. The molecular formula is C14H13N3O4. The average Bonchev–Trinajstić information content (AvgIpc) is 2.46. The molecule has 0 fully saturated rings. The third kappa shape index (κ3) is 3.14. The summed E-state index contributed by atoms with van der Waals surface area (Å²) in [6.07, 6.45) is 1.12. The minimum atomic E-state index is -0.520. The van der Waals surface area contributed by atoms with Crippen molar-refractivity contribution >= 4 is 17.4 Å². The molecule has 0 aliphatic heterocycles. The van der Waals surface area contributed by atoms with Crippen LogP contribution in [0.5, 0.6) is 5.75 Å². The fourth-order valence-corrected chi connectivity index (χ4v) is 1.82. The molecule has 0 saturated heterocycles. The quantitative estimate of drug-likeness (QED) is 0.688. The number of methoxy groups -OCH3 is 1. The van der Waals surface area contributed by atoms with Gasteiger partial charge in [0.05, 0.1) is 17.6 Å². The van der Waals surface area contributed by atoms with Crippen molar-refractivity contribution in [3.63, 3.8) is 0 Å². The zero-order valence-corrected chi connectivity index (χ0v) is 11.5. The van der Waals surface area contributed by atoms with Crippen LogP contribution in [0.4, 0.5) is 11.5 Å². The highest BCUT2D eigenvalue weighted by Gasteiger charge is 2.15. The number of nitrogens with one attached hydrogen (secondary N) is 1. The Hall–Kier alpha value is -2.96. The number of amides is 1. The van der Waals surface area contributed by atoms with E-state index in [1.807, 2.05) is 0 Å². The fourth-order valence-electron chi connectivity index (χ4n) is 1.82. The first kappa shape index (κ1) is 14.4. The van der Waals surface area contributed by atoms with Crippen molar-refractivity contribution < 1.29 is 14.5 Å². The third-order valence-corrected chi connectivity index (χ3v) is 2.87. The number of hydrogen-bond acceptors (Lipinski definition) is 5. The van der Waals surface area contributed by atoms with Gasteiger partial charge in [0, 0.05) is 5.56 Å². The number of carbonyl (C=O) groups is 1. The van der Waals surface area contributed by atoms with Crippen molar-refractivity contribution in [1.29, 1.82) is 0 Å². The van der Waals surface area contributed by atoms with Gasteiger partial charge < -0.3 is 10.1 Å². The molecule has 2 aromatic rings. The Morgan fingerprint density at radius 3 is 2.71 bits per heavy atom. The first-order valence-corrected chi connectivity index (χ1v) is 6.08. The Bertz CT molecular complexity index is 700. The maximum Gasteiger partial charge on any atom is 0.290 e. The molecule has 0 radical (unpaired) electrons. The number of nitro groups is 1. The SMILES string of the molecule is COc1ccccc1C(=O)Nc1cc(C)c([N+](=O)[O-])cn1. The number of aromatic nitrogens is 1. The van der Waals surface area contributed by atoms with Gasteiger partial charge in [0.15, 0.2) is 0 Å². The molecule has 7 heteroatoms. The van der Waals surface area contributed by atoms with E-state index in [0.717, 1.165) is 6.20 Å². The van der Waals surface area contributed by atoms with Gasteiger partial charge in [-0.05, 0) is 25.1 Å². The predicted molar refractivity (Wildman–Crippen MR) is 76.6 cm³/mol. The summed E-state index contributed by atoms with van der Waals surface area (Å²) in [5, 5.41) is 13.3. The summed E-state index contributed by atoms with van der Waals surface area (Å²) in [7, 11) is 1.47. The van der Waals surface area contributed by atoms with Crippen LogP contribution in [0, 0.1) is 17.0 Å². The van der Waals surface area contributed by atoms with E-state index in [9.17, 15) is 14.9 Å². The molecule has 21 heavy (non-hydrogen) atoms. The van der Waals surface area contributed by atoms with Crippen LogP contribution in [-0.2, 0) is 0 Å². The van der Waals surface area contributed by atoms with E-state index in [1.165, 1.54) is 13.2 Å². The highest BCUT2D eigenvalue weighted by molar-refractivity contribution is 6.05. The second-order valence-electron chi connectivity index (χ2n) is 4.27. The van der Waals surface area contributed by atoms with Gasteiger partial charge in [-0.2, -0.15) is 0 Å². The number of aryl methyl sites for hydroxylation is 1. The molecule has 2 rings (SSSR count). The van der Waals surface area contributed by atoms with Crippen molar-refractivity contribution in [2.75, 3.05) is 12.4 Å². The molecule has 0 spiro atoms. The van der Waals surface area contributed by atoms with Gasteiger partial charge >= 0.3 is 0 Å². The van der Waals surface area contributed by atoms with Crippen LogP contribution in [-0.4, -0.2) is 22.9 Å². The van der Waals surface area contributed by atoms with Crippen LogP contribution in [0.25, 0.3) is 0 Å². The first-order chi connectivity index (χ1) is 10.0. The molecule has 1 aromatic carbocycles. The van der Waals surface area contributed by atoms with E-state index in [0.29, 0.717) is 16.9 Å². The molecule has 1 N–H and O–H groups in total. The van der Waals surface area contributed by atoms with Crippen LogP contribution in [0.1, 0.15) is 15.9 Å². The third-order valence-electron chi connectivity index (χ3n) is 2.87. The normalized spacial score (nSPS) is 10.0. The minimum Gasteiger partial charge on any atom is -0.496 e. The van der Waals surface area contributed by atoms with Crippen LogP contribution < -0.4 is 10.1 Å². The summed E-state index contributed by atoms with van der Waals surface area (Å²) in [4.78, 5) is 26.2. The Morgan fingerprint density at radius 2 is 2.10 bits per heavy atom. The largest absolute Gasteiger partial charge is 0.496 e. The number of benzene rings is 1. The minimum absolute atomic E-state index is 0.0923. The lowest BCUT2D eigenvalue weighted by Gasteiger charge is -2.08. The molecule has 1 aromatic heterocycles. The van der Waals surface area contributed by atoms with Crippen molar-refractivity contribution in [1.82, 2.24) is 4.98 Å². The summed E-state index contributed by atoms with van der Waals surface area (Å²) in [5.41, 5.74) is 0.688. The molecule has 1 amide bonds. The number of pyridine rings is 1. The van der Waals surface area contributed by atoms with Gasteiger partial charge in [-0.3, -0.25) is 14.9 Å². The first-order valence-electron chi connectivity index (χ1n) is 6.08. The van der Waals surface area contributed by atoms with Crippen molar-refractivity contribution in [3.8, 4) is 5.75 Å². The van der Waals surface area contributed by atoms with Crippen LogP contribution in [0.15, 0.2) is 36.5 Å². The molecule has 0 saturated carbocycles. The number of rotatable bonds is 4. The monoisotopic (exact) mass is 287 g/mol. The zero-order chi connectivity index (χ0) is 15.4. The van der Waals surface area contributed by atoms with Crippen molar-refractivity contribution in [2.45, 2.75) is 6.92 Å². The molecule has 108 valence electrons. The number of ether oxygens (including phenoxy) is 1. The Labute approximate surface area is 120 Å². The number of hydrogen-bond donors (Lipinski definition) is 1. The van der Waals surface area contributed by atoms with Gasteiger partial charge in [0.1, 0.15) is 17.8 Å². The molecule has 0 unspecified atom stereocenters. The Morgan fingerprint density at radius 1 is 1.38 bits per heavy atom. The van der Waals surface area contributed by atoms with Gasteiger partial charge in [-0.1, -0.05) is 12.1 Å². The summed E-state index contributed by atoms with van der Waals surface area (Å²) >= 11 is 0. The molecule has 7 nitrogen and oxygen atoms in total. The lowest BCUT2D eigenvalue weighted by atomic mass is 10.2. The highest BCUT2D eigenvalue weighted by Crippen LogP contribution is 2.21. The highest BCUT2D eigenvalue weighted by atomic mass is 16.6. The van der Waals surface area contributed by atoms with E-state index < -0.39 is 10.8 Å². The van der Waals surface area contributed by atoms with Crippen LogP contribution in [0.3, 0.4) is 0 Å². The predicted octanol–water partition coefficient (Wildman–Crippen LogP) is 2.56. The van der Waals surface area contributed by atoms with E-state index in [2.05, 4.69) is 10.3 Å². The summed E-state index contributed by atoms with van der Waals surface area (Å²) in [6, 6.07) is 8.21. The molecule has 0 atom stereocenters. The molecule has 0 bridgehead atoms. The smallest absolute Gasteiger partial charge is 0.290 e. The van der Waals surface area contributed by atoms with E-state index >= 15 is 0 Å². The molecular weight excluding hydrogens is 274 g/mol. The second-order valence-corrected chi connectivity index (χ2v) is 4.27. The summed E-state index contributed by atoms with van der Waals surface area (Å²) in [6.45, 7) is 1.58. The Kier molecular flexibility index (Phi) is 4.13. The molecule has 1 heterocycles. The van der Waals surface area contributed by atoms with Gasteiger partial charge in [0.25, 0.3) is 11.6 Å². The number of para-hydroxylation sites is 1. The maximum atomic E-state index is 12.2. The molecule has 0 aliphatic carbocycles. The van der Waals surface area contributed by atoms with Crippen LogP contribution >= 0.6 is 0 Å². The van der Waals surface area contributed by atoms with E-state index in [4.69, 9.17) is 4.74 Å². The van der Waals surface area contributed by atoms with Gasteiger partial charge in [-0.15, -0.1) is 0 Å². The standard InChI is InChI=1S/C14H13N3O4/c1-9-7-13(15-8-11(9)17(19)20)16-14(18)10-5-3-4-6-12(10)21-2/h3-8H,1-2H3,(H,15,16,18). The zero-order valence-electron chi connectivity index (χ0n) is 11.5. The van der Waals surface area contributed by atoms with Crippen molar-refractivity contribution in [3.05, 3.63) is 57.8 Å². The number of nitrogens with zero attached hydrogens (tertiary/aromatic N) is 2. The van der Waals surface area contributed by atoms with Gasteiger partial charge in [-0.25, -0.2) is 4.98 Å². The van der Waals surface area contributed by atoms with Crippen LogP contribution in [0.2, 0.25) is 0 Å². The van der Waals surface area contributed by atoms with Crippen molar-refractivity contribution in [2.24, 2.45) is 0 Å². The van der Waals surface area contributed by atoms with E-state index in [1.54, 1.807) is 31.2 Å². The maximum absolute atomic E-state index is 12.2. The van der Waals surface area contributed by atoms with Gasteiger partial charge in [0.2, 0.25) is 0 Å². The number of anilines is 1. The average molecular weight is 287 g/mol. The topological polar surface area (TPSA) is 94.4 Å². The fraction of sp³-hybridized carbons (Fsp3) is 0.143. The Balaban J connectivity index is 2.24.